The molecule has 1 fully saturated rings. The third kappa shape index (κ3) is 3.68. The van der Waals surface area contributed by atoms with Crippen molar-refractivity contribution in [3.8, 4) is 0 Å². The Kier molecular flexibility index (Phi) is 4.20. The summed E-state index contributed by atoms with van der Waals surface area (Å²) in [6.45, 7) is 0.389. The number of hydrogen-bond donors (Lipinski definition) is 1. The summed E-state index contributed by atoms with van der Waals surface area (Å²) in [6.07, 6.45) is 3.18. The van der Waals surface area contributed by atoms with E-state index in [0.29, 0.717) is 12.5 Å². The number of halogens is 1. The van der Waals surface area contributed by atoms with Crippen LogP contribution in [0.1, 0.15) is 19.3 Å². The highest BCUT2D eigenvalue weighted by Gasteiger charge is 2.22. The fraction of sp³-hybridized carbons (Fsp3) is 0.455. The summed E-state index contributed by atoms with van der Waals surface area (Å²) in [6, 6.07) is 5.01. The molecule has 0 aliphatic heterocycles. The van der Waals surface area contributed by atoms with Crippen LogP contribution in [-0.4, -0.2) is 23.4 Å². The molecule has 1 aliphatic carbocycles. The summed E-state index contributed by atoms with van der Waals surface area (Å²) in [5, 5.41) is 0. The highest BCUT2D eigenvalue weighted by Crippen LogP contribution is 2.26. The van der Waals surface area contributed by atoms with Crippen molar-refractivity contribution in [3.05, 3.63) is 24.3 Å². The molecule has 1 saturated carbocycles. The summed E-state index contributed by atoms with van der Waals surface area (Å²) >= 11 is 0. The average molecular weight is 324 g/mol. The number of sulfonamides is 1. The molecule has 19 heavy (non-hydrogen) atoms. The van der Waals surface area contributed by atoms with Crippen molar-refractivity contribution in [2.75, 3.05) is 6.54 Å². The number of nitrogens with one attached hydrogen (secondary N) is 1. The summed E-state index contributed by atoms with van der Waals surface area (Å²) < 4.78 is 48.9. The van der Waals surface area contributed by atoms with Gasteiger partial charge in [0.2, 0.25) is 10.0 Å². The zero-order valence-electron chi connectivity index (χ0n) is 10.0. The minimum Gasteiger partial charge on any atom is -0.211 e. The zero-order chi connectivity index (χ0) is 14.1. The summed E-state index contributed by atoms with van der Waals surface area (Å²) in [5.74, 6) is 0.384. The molecule has 0 aromatic heterocycles. The van der Waals surface area contributed by atoms with Crippen molar-refractivity contribution in [1.29, 1.82) is 0 Å². The van der Waals surface area contributed by atoms with Crippen LogP contribution in [0.2, 0.25) is 0 Å². The molecule has 1 N–H and O–H groups in total. The van der Waals surface area contributed by atoms with Gasteiger partial charge in [0, 0.05) is 17.2 Å². The molecule has 106 valence electrons. The van der Waals surface area contributed by atoms with Gasteiger partial charge in [-0.15, -0.1) is 0 Å². The molecular formula is C11H14ClNO4S2. The normalized spacial score (nSPS) is 17.1. The first-order valence-electron chi connectivity index (χ1n) is 5.83. The zero-order valence-corrected chi connectivity index (χ0v) is 12.4. The van der Waals surface area contributed by atoms with E-state index in [1.54, 1.807) is 0 Å². The monoisotopic (exact) mass is 323 g/mol. The smallest absolute Gasteiger partial charge is 0.211 e. The van der Waals surface area contributed by atoms with Crippen LogP contribution in [0, 0.1) is 5.92 Å². The number of hydrogen-bond acceptors (Lipinski definition) is 4. The van der Waals surface area contributed by atoms with Crippen molar-refractivity contribution in [2.24, 2.45) is 5.92 Å². The Bertz CT molecular complexity index is 666. The lowest BCUT2D eigenvalue weighted by atomic mass is 9.86. The predicted octanol–water partition coefficient (Wildman–Crippen LogP) is 1.69. The highest BCUT2D eigenvalue weighted by atomic mass is 35.7. The van der Waals surface area contributed by atoms with E-state index in [2.05, 4.69) is 4.72 Å². The van der Waals surface area contributed by atoms with Crippen LogP contribution in [0.4, 0.5) is 0 Å². The SMILES string of the molecule is O=S(=O)(Cl)c1cccc(S(=O)(=O)NCC2CCC2)c1. The quantitative estimate of drug-likeness (QED) is 0.836. The summed E-state index contributed by atoms with van der Waals surface area (Å²) in [7, 11) is -2.42. The molecule has 2 rings (SSSR count). The Morgan fingerprint density at radius 3 is 2.32 bits per heavy atom. The minimum atomic E-state index is -3.93. The molecule has 0 atom stereocenters. The van der Waals surface area contributed by atoms with Crippen molar-refractivity contribution < 1.29 is 16.8 Å². The van der Waals surface area contributed by atoms with Gasteiger partial charge in [0.15, 0.2) is 0 Å². The van der Waals surface area contributed by atoms with Gasteiger partial charge in [0.05, 0.1) is 9.79 Å². The largest absolute Gasteiger partial charge is 0.261 e. The first-order valence-corrected chi connectivity index (χ1v) is 9.63. The Hall–Kier alpha value is -0.630. The number of rotatable bonds is 5. The standard InChI is InChI=1S/C11H14ClNO4S2/c12-18(14,15)10-5-2-6-11(7-10)19(16,17)13-8-9-3-1-4-9/h2,5-7,9,13H,1,3-4,8H2. The van der Waals surface area contributed by atoms with Gasteiger partial charge in [-0.1, -0.05) is 12.5 Å². The molecule has 1 aromatic rings. The third-order valence-electron chi connectivity index (χ3n) is 3.18. The minimum absolute atomic E-state index is 0.0893. The molecule has 1 aliphatic rings. The van der Waals surface area contributed by atoms with Crippen LogP contribution in [0.15, 0.2) is 34.1 Å². The fourth-order valence-electron chi connectivity index (χ4n) is 1.80. The van der Waals surface area contributed by atoms with Crippen molar-refractivity contribution in [1.82, 2.24) is 4.72 Å². The van der Waals surface area contributed by atoms with Gasteiger partial charge in [-0.05, 0) is 37.0 Å². The maximum atomic E-state index is 12.0. The second kappa shape index (κ2) is 5.40. The highest BCUT2D eigenvalue weighted by molar-refractivity contribution is 8.13. The molecule has 0 bridgehead atoms. The van der Waals surface area contributed by atoms with Crippen LogP contribution < -0.4 is 4.72 Å². The van der Waals surface area contributed by atoms with Crippen LogP contribution in [0.3, 0.4) is 0 Å². The van der Waals surface area contributed by atoms with E-state index in [4.69, 9.17) is 10.7 Å². The van der Waals surface area contributed by atoms with Gasteiger partial charge in [0.1, 0.15) is 0 Å². The van der Waals surface area contributed by atoms with Gasteiger partial charge < -0.3 is 0 Å². The second-order valence-electron chi connectivity index (χ2n) is 4.56. The van der Waals surface area contributed by atoms with E-state index >= 15 is 0 Å². The van der Waals surface area contributed by atoms with E-state index in [0.717, 1.165) is 25.3 Å². The maximum Gasteiger partial charge on any atom is 0.261 e. The van der Waals surface area contributed by atoms with E-state index in [-0.39, 0.29) is 9.79 Å². The van der Waals surface area contributed by atoms with E-state index in [1.807, 2.05) is 0 Å². The van der Waals surface area contributed by atoms with Gasteiger partial charge >= 0.3 is 0 Å². The lowest BCUT2D eigenvalue weighted by molar-refractivity contribution is 0.316. The molecular weight excluding hydrogens is 310 g/mol. The Labute approximate surface area is 117 Å². The van der Waals surface area contributed by atoms with Crippen LogP contribution >= 0.6 is 10.7 Å². The first-order chi connectivity index (χ1) is 8.79. The molecule has 0 radical (unpaired) electrons. The predicted molar refractivity (Wildman–Crippen MR) is 72.0 cm³/mol. The molecule has 1 aromatic carbocycles. The van der Waals surface area contributed by atoms with Gasteiger partial charge in [-0.2, -0.15) is 0 Å². The molecule has 0 saturated heterocycles. The van der Waals surface area contributed by atoms with Crippen LogP contribution in [0.25, 0.3) is 0 Å². The van der Waals surface area contributed by atoms with E-state index in [9.17, 15) is 16.8 Å². The summed E-state index contributed by atoms with van der Waals surface area (Å²) in [5.41, 5.74) is 0. The molecule has 0 heterocycles. The molecule has 0 unspecified atom stereocenters. The van der Waals surface area contributed by atoms with Crippen molar-refractivity contribution in [2.45, 2.75) is 29.1 Å². The van der Waals surface area contributed by atoms with Crippen LogP contribution in [0.5, 0.6) is 0 Å². The lowest BCUT2D eigenvalue weighted by Gasteiger charge is -2.25. The molecule has 5 nitrogen and oxygen atoms in total. The van der Waals surface area contributed by atoms with Crippen molar-refractivity contribution >= 4 is 29.8 Å². The van der Waals surface area contributed by atoms with E-state index in [1.165, 1.54) is 18.2 Å². The molecule has 0 spiro atoms. The van der Waals surface area contributed by atoms with Crippen molar-refractivity contribution in [3.63, 3.8) is 0 Å². The number of benzene rings is 1. The molecule has 0 amide bonds. The fourth-order valence-corrected chi connectivity index (χ4v) is 3.83. The van der Waals surface area contributed by atoms with E-state index < -0.39 is 19.1 Å². The topological polar surface area (TPSA) is 80.3 Å². The average Bonchev–Trinajstić information content (AvgIpc) is 2.26. The Morgan fingerprint density at radius 1 is 1.16 bits per heavy atom. The second-order valence-corrected chi connectivity index (χ2v) is 8.89. The Morgan fingerprint density at radius 2 is 1.79 bits per heavy atom. The first kappa shape index (κ1) is 14.8. The van der Waals surface area contributed by atoms with Gasteiger partial charge in [0.25, 0.3) is 9.05 Å². The third-order valence-corrected chi connectivity index (χ3v) is 5.96. The maximum absolute atomic E-state index is 12.0. The Balaban J connectivity index is 2.19. The van der Waals surface area contributed by atoms with Gasteiger partial charge in [-0.25, -0.2) is 21.6 Å². The molecule has 8 heteroatoms. The summed E-state index contributed by atoms with van der Waals surface area (Å²) in [4.78, 5) is -0.311. The van der Waals surface area contributed by atoms with Gasteiger partial charge in [-0.3, -0.25) is 0 Å². The lowest BCUT2D eigenvalue weighted by Crippen LogP contribution is -2.32. The van der Waals surface area contributed by atoms with Crippen LogP contribution in [-0.2, 0) is 19.1 Å².